The molecule has 1 N–H and O–H groups in total. The van der Waals surface area contributed by atoms with Gasteiger partial charge in [0.05, 0.1) is 12.1 Å². The molecule has 0 unspecified atom stereocenters. The van der Waals surface area contributed by atoms with Crippen LogP contribution in [-0.2, 0) is 24.4 Å². The number of amides is 1. The molecule has 0 atom stereocenters. The van der Waals surface area contributed by atoms with Crippen molar-refractivity contribution in [3.05, 3.63) is 103 Å². The third-order valence-electron chi connectivity index (χ3n) is 5.29. The van der Waals surface area contributed by atoms with Gasteiger partial charge in [0.2, 0.25) is 5.91 Å². The van der Waals surface area contributed by atoms with Gasteiger partial charge in [0.1, 0.15) is 4.70 Å². The van der Waals surface area contributed by atoms with Crippen molar-refractivity contribution in [3.63, 3.8) is 0 Å². The Labute approximate surface area is 193 Å². The van der Waals surface area contributed by atoms with E-state index < -0.39 is 5.69 Å². The Bertz CT molecular complexity index is 1390. The second kappa shape index (κ2) is 9.54. The number of hydrogen-bond donors (Lipinski definition) is 1. The van der Waals surface area contributed by atoms with Crippen LogP contribution in [0.4, 0.5) is 0 Å². The average Bonchev–Trinajstić information content (AvgIpc) is 3.27. The summed E-state index contributed by atoms with van der Waals surface area (Å²) in [6.07, 6.45) is 0.0149. The second-order valence-corrected chi connectivity index (χ2v) is 8.89. The van der Waals surface area contributed by atoms with Crippen LogP contribution in [0.25, 0.3) is 10.2 Å². The SMILES string of the molecule is Cc1ccc(Cn2c(=O)n(CCC(=O)NCc3ccccc3Cl)c(=O)c3sccc32)cc1. The van der Waals surface area contributed by atoms with Crippen LogP contribution in [0.1, 0.15) is 23.1 Å². The zero-order chi connectivity index (χ0) is 22.7. The molecular weight excluding hydrogens is 446 g/mol. The Hall–Kier alpha value is -3.16. The second-order valence-electron chi connectivity index (χ2n) is 7.56. The summed E-state index contributed by atoms with van der Waals surface area (Å²) in [5, 5.41) is 5.17. The number of halogens is 1. The molecule has 0 saturated heterocycles. The summed E-state index contributed by atoms with van der Waals surface area (Å²) in [7, 11) is 0. The van der Waals surface area contributed by atoms with Crippen molar-refractivity contribution in [1.82, 2.24) is 14.5 Å². The van der Waals surface area contributed by atoms with E-state index in [1.54, 1.807) is 22.1 Å². The number of benzene rings is 2. The van der Waals surface area contributed by atoms with Crippen LogP contribution in [0.5, 0.6) is 0 Å². The smallest absolute Gasteiger partial charge is 0.331 e. The number of aryl methyl sites for hydroxylation is 1. The number of aromatic nitrogens is 2. The van der Waals surface area contributed by atoms with E-state index in [0.29, 0.717) is 21.8 Å². The highest BCUT2D eigenvalue weighted by atomic mass is 35.5. The first-order valence-electron chi connectivity index (χ1n) is 10.2. The fraction of sp³-hybridized carbons (Fsp3) is 0.208. The molecule has 0 aliphatic rings. The van der Waals surface area contributed by atoms with Crippen molar-refractivity contribution in [1.29, 1.82) is 0 Å². The lowest BCUT2D eigenvalue weighted by molar-refractivity contribution is -0.121. The highest BCUT2D eigenvalue weighted by Gasteiger charge is 2.15. The topological polar surface area (TPSA) is 73.1 Å². The Balaban J connectivity index is 1.55. The van der Waals surface area contributed by atoms with Gasteiger partial charge in [-0.2, -0.15) is 0 Å². The van der Waals surface area contributed by atoms with Crippen molar-refractivity contribution in [2.45, 2.75) is 33.0 Å². The van der Waals surface area contributed by atoms with Gasteiger partial charge in [0, 0.05) is 24.5 Å². The maximum atomic E-state index is 13.2. The van der Waals surface area contributed by atoms with Gasteiger partial charge in [-0.05, 0) is 35.6 Å². The van der Waals surface area contributed by atoms with E-state index in [2.05, 4.69) is 5.32 Å². The number of rotatable bonds is 7. The first-order chi connectivity index (χ1) is 15.4. The van der Waals surface area contributed by atoms with E-state index in [1.807, 2.05) is 49.4 Å². The Kier molecular flexibility index (Phi) is 6.58. The maximum Gasteiger partial charge on any atom is 0.331 e. The summed E-state index contributed by atoms with van der Waals surface area (Å²) in [5.74, 6) is -0.257. The minimum atomic E-state index is -0.416. The lowest BCUT2D eigenvalue weighted by Crippen LogP contribution is -2.40. The molecule has 0 radical (unpaired) electrons. The largest absolute Gasteiger partial charge is 0.352 e. The maximum absolute atomic E-state index is 13.2. The summed E-state index contributed by atoms with van der Waals surface area (Å²) in [5.41, 5.74) is 2.74. The summed E-state index contributed by atoms with van der Waals surface area (Å²) in [4.78, 5) is 38.5. The first kappa shape index (κ1) is 22.0. The van der Waals surface area contributed by atoms with Crippen LogP contribution in [-0.4, -0.2) is 15.0 Å². The molecule has 32 heavy (non-hydrogen) atoms. The average molecular weight is 468 g/mol. The van der Waals surface area contributed by atoms with Gasteiger partial charge >= 0.3 is 5.69 Å². The predicted molar refractivity (Wildman–Crippen MR) is 129 cm³/mol. The molecular formula is C24H22ClN3O3S. The van der Waals surface area contributed by atoms with Gasteiger partial charge in [0.25, 0.3) is 5.56 Å². The molecule has 2 aromatic heterocycles. The summed E-state index contributed by atoms with van der Waals surface area (Å²) < 4.78 is 3.26. The third kappa shape index (κ3) is 4.69. The number of fused-ring (bicyclic) bond motifs is 1. The molecule has 1 amide bonds. The zero-order valence-electron chi connectivity index (χ0n) is 17.5. The summed E-state index contributed by atoms with van der Waals surface area (Å²) in [6.45, 7) is 2.65. The fourth-order valence-electron chi connectivity index (χ4n) is 3.50. The lowest BCUT2D eigenvalue weighted by atomic mass is 10.1. The molecule has 0 bridgehead atoms. The van der Waals surface area contributed by atoms with Crippen molar-refractivity contribution in [2.24, 2.45) is 0 Å². The number of carbonyl (C=O) groups excluding carboxylic acids is 1. The monoisotopic (exact) mass is 467 g/mol. The van der Waals surface area contributed by atoms with Crippen LogP contribution in [0, 0.1) is 6.92 Å². The molecule has 0 aliphatic heterocycles. The van der Waals surface area contributed by atoms with Gasteiger partial charge in [-0.1, -0.05) is 59.6 Å². The van der Waals surface area contributed by atoms with E-state index in [9.17, 15) is 14.4 Å². The Morgan fingerprint density at radius 3 is 2.53 bits per heavy atom. The molecule has 2 heterocycles. The van der Waals surface area contributed by atoms with Crippen molar-refractivity contribution >= 4 is 39.1 Å². The third-order valence-corrected chi connectivity index (χ3v) is 6.55. The molecule has 0 saturated carbocycles. The molecule has 8 heteroatoms. The molecule has 164 valence electrons. The van der Waals surface area contributed by atoms with Crippen LogP contribution in [0.3, 0.4) is 0 Å². The fourth-order valence-corrected chi connectivity index (χ4v) is 4.54. The van der Waals surface area contributed by atoms with E-state index in [0.717, 1.165) is 21.3 Å². The molecule has 6 nitrogen and oxygen atoms in total. The van der Waals surface area contributed by atoms with Crippen molar-refractivity contribution in [2.75, 3.05) is 0 Å². The van der Waals surface area contributed by atoms with E-state index in [-0.39, 0.29) is 31.0 Å². The van der Waals surface area contributed by atoms with E-state index >= 15 is 0 Å². The minimum Gasteiger partial charge on any atom is -0.352 e. The lowest BCUT2D eigenvalue weighted by Gasteiger charge is -2.13. The Morgan fingerprint density at radius 1 is 1.03 bits per heavy atom. The predicted octanol–water partition coefficient (Wildman–Crippen LogP) is 3.94. The molecule has 0 spiro atoms. The number of hydrogen-bond acceptors (Lipinski definition) is 4. The zero-order valence-corrected chi connectivity index (χ0v) is 19.1. The van der Waals surface area contributed by atoms with Crippen molar-refractivity contribution < 1.29 is 4.79 Å². The van der Waals surface area contributed by atoms with Crippen LogP contribution >= 0.6 is 22.9 Å². The van der Waals surface area contributed by atoms with Gasteiger partial charge in [-0.25, -0.2) is 4.79 Å². The quantitative estimate of drug-likeness (QED) is 0.447. The highest BCUT2D eigenvalue weighted by molar-refractivity contribution is 7.17. The normalized spacial score (nSPS) is 11.1. The van der Waals surface area contributed by atoms with E-state index in [1.165, 1.54) is 11.3 Å². The van der Waals surface area contributed by atoms with Gasteiger partial charge in [-0.15, -0.1) is 11.3 Å². The summed E-state index contributed by atoms with van der Waals surface area (Å²) in [6, 6.07) is 17.0. The Morgan fingerprint density at radius 2 is 1.78 bits per heavy atom. The van der Waals surface area contributed by atoms with Gasteiger partial charge in [0.15, 0.2) is 0 Å². The van der Waals surface area contributed by atoms with Crippen molar-refractivity contribution in [3.8, 4) is 0 Å². The van der Waals surface area contributed by atoms with Crippen LogP contribution in [0.15, 0.2) is 69.6 Å². The molecule has 4 aromatic rings. The standard InChI is InChI=1S/C24H22ClN3O3S/c1-16-6-8-17(9-7-16)15-28-20-11-13-32-22(20)23(30)27(24(28)31)12-10-21(29)26-14-18-4-2-3-5-19(18)25/h2-9,11,13H,10,12,14-15H2,1H3,(H,26,29). The highest BCUT2D eigenvalue weighted by Crippen LogP contribution is 2.17. The van der Waals surface area contributed by atoms with Crippen LogP contribution < -0.4 is 16.6 Å². The number of thiophene rings is 1. The van der Waals surface area contributed by atoms with E-state index in [4.69, 9.17) is 11.6 Å². The molecule has 0 aliphatic carbocycles. The number of carbonyl (C=O) groups is 1. The number of nitrogens with one attached hydrogen (secondary N) is 1. The molecule has 4 rings (SSSR count). The molecule has 0 fully saturated rings. The van der Waals surface area contributed by atoms with Crippen LogP contribution in [0.2, 0.25) is 5.02 Å². The first-order valence-corrected chi connectivity index (χ1v) is 11.5. The van der Waals surface area contributed by atoms with Gasteiger partial charge < -0.3 is 5.32 Å². The molecule has 2 aromatic carbocycles. The number of nitrogens with zero attached hydrogens (tertiary/aromatic N) is 2. The summed E-state index contributed by atoms with van der Waals surface area (Å²) >= 11 is 7.42. The van der Waals surface area contributed by atoms with Gasteiger partial charge in [-0.3, -0.25) is 18.7 Å². The minimum absolute atomic E-state index is 0.00770.